The van der Waals surface area contributed by atoms with Crippen LogP contribution in [0.4, 0.5) is 0 Å². The van der Waals surface area contributed by atoms with Gasteiger partial charge in [-0.05, 0) is 57.8 Å². The molecule has 0 fully saturated rings. The smallest absolute Gasteiger partial charge is 0.463 e. The van der Waals surface area contributed by atoms with Gasteiger partial charge >= 0.3 is 13.8 Å². The topological polar surface area (TPSA) is 131 Å². The molecule has 0 bridgehead atoms. The molecule has 0 spiro atoms. The lowest BCUT2D eigenvalue weighted by Crippen LogP contribution is -2.27. The summed E-state index contributed by atoms with van der Waals surface area (Å²) in [6, 6.07) is 0. The Morgan fingerprint density at radius 3 is 1.41 bits per heavy atom. The lowest BCUT2D eigenvalue weighted by Gasteiger charge is -2.15. The number of phosphoric ester groups is 1. The Hall–Kier alpha value is -2.03. The Bertz CT molecular complexity index is 1110. The summed E-state index contributed by atoms with van der Waals surface area (Å²) in [7, 11) is -4.42. The molecule has 59 heavy (non-hydrogen) atoms. The van der Waals surface area contributed by atoms with Crippen molar-refractivity contribution >= 4 is 19.7 Å². The van der Waals surface area contributed by atoms with Crippen molar-refractivity contribution in [2.45, 2.75) is 225 Å². The van der Waals surface area contributed by atoms with Gasteiger partial charge < -0.3 is 20.1 Å². The number of rotatable bonds is 45. The number of nitrogens with one attached hydrogen (secondary N) is 1. The highest BCUT2D eigenvalue weighted by molar-refractivity contribution is 7.47. The Labute approximate surface area is 362 Å². The summed E-state index contributed by atoms with van der Waals surface area (Å²) in [5.74, 6) is -0.530. The van der Waals surface area contributed by atoms with Crippen molar-refractivity contribution in [1.82, 2.24) is 5.32 Å². The molecule has 9 nitrogen and oxygen atoms in total. The van der Waals surface area contributed by atoms with Crippen LogP contribution in [-0.4, -0.2) is 54.3 Å². The Balaban J connectivity index is 3.61. The first kappa shape index (κ1) is 57.0. The van der Waals surface area contributed by atoms with Crippen LogP contribution >= 0.6 is 7.82 Å². The molecule has 0 rings (SSSR count). The van der Waals surface area contributed by atoms with Crippen LogP contribution in [-0.2, 0) is 27.9 Å². The number of amides is 1. The standard InChI is InChI=1S/C49H90NO8P/c1-3-5-7-9-11-13-15-17-19-21-22-23-24-26-28-30-32-34-36-38-40-42-49(53)56-45-47(51)46-58-59(54,55)57-44-43-50-48(52)41-39-37-35-33-31-29-27-25-20-18-16-14-12-10-8-6-4-2/h11,13,17,19,22-23,26,28,47,51H,3-10,12,14-16,18,20-21,24-25,27,29-46H2,1-2H3,(H,50,52)(H,54,55)/b13-11-,19-17-,23-22-,28-26-. The van der Waals surface area contributed by atoms with Gasteiger partial charge in [0, 0.05) is 19.4 Å². The van der Waals surface area contributed by atoms with Crippen LogP contribution in [0.25, 0.3) is 0 Å². The minimum atomic E-state index is -4.42. The largest absolute Gasteiger partial charge is 0.472 e. The molecule has 3 N–H and O–H groups in total. The number of allylic oxidation sites excluding steroid dienone is 8. The third kappa shape index (κ3) is 46.9. The van der Waals surface area contributed by atoms with Crippen molar-refractivity contribution in [1.29, 1.82) is 0 Å². The fourth-order valence-electron chi connectivity index (χ4n) is 6.60. The molecule has 0 aliphatic carbocycles. The first-order valence-electron chi connectivity index (χ1n) is 24.1. The molecule has 0 aromatic heterocycles. The molecule has 0 radical (unpaired) electrons. The second kappa shape index (κ2) is 45.5. The lowest BCUT2D eigenvalue weighted by atomic mass is 10.0. The minimum absolute atomic E-state index is 0.0806. The van der Waals surface area contributed by atoms with Crippen molar-refractivity contribution in [3.05, 3.63) is 48.6 Å². The summed E-state index contributed by atoms with van der Waals surface area (Å²) in [5, 5.41) is 12.7. The summed E-state index contributed by atoms with van der Waals surface area (Å²) in [6.07, 6.45) is 53.2. The molecular formula is C49H90NO8P. The summed E-state index contributed by atoms with van der Waals surface area (Å²) >= 11 is 0. The van der Waals surface area contributed by atoms with E-state index in [1.165, 1.54) is 116 Å². The van der Waals surface area contributed by atoms with Crippen molar-refractivity contribution in [3.8, 4) is 0 Å². The summed E-state index contributed by atoms with van der Waals surface area (Å²) < 4.78 is 26.9. The first-order valence-corrected chi connectivity index (χ1v) is 25.6. The van der Waals surface area contributed by atoms with E-state index in [-0.39, 0.29) is 32.1 Å². The maximum atomic E-state index is 12.1. The van der Waals surface area contributed by atoms with Crippen LogP contribution in [0.5, 0.6) is 0 Å². The average molecular weight is 852 g/mol. The Kier molecular flexibility index (Phi) is 43.9. The Morgan fingerprint density at radius 2 is 0.915 bits per heavy atom. The number of aliphatic hydroxyl groups excluding tert-OH is 1. The fraction of sp³-hybridized carbons (Fsp3) is 0.796. The van der Waals surface area contributed by atoms with E-state index in [1.54, 1.807) is 0 Å². The van der Waals surface area contributed by atoms with Crippen molar-refractivity contribution in [2.24, 2.45) is 0 Å². The van der Waals surface area contributed by atoms with Crippen LogP contribution < -0.4 is 5.32 Å². The maximum absolute atomic E-state index is 12.1. The molecule has 0 aromatic carbocycles. The second-order valence-corrected chi connectivity index (χ2v) is 17.5. The van der Waals surface area contributed by atoms with Crippen molar-refractivity contribution in [3.63, 3.8) is 0 Å². The molecule has 0 heterocycles. The molecule has 1 amide bonds. The maximum Gasteiger partial charge on any atom is 0.472 e. The zero-order valence-corrected chi connectivity index (χ0v) is 38.8. The van der Waals surface area contributed by atoms with Crippen LogP contribution in [0.1, 0.15) is 219 Å². The minimum Gasteiger partial charge on any atom is -0.463 e. The highest BCUT2D eigenvalue weighted by atomic mass is 31.2. The second-order valence-electron chi connectivity index (χ2n) is 16.1. The molecule has 344 valence electrons. The third-order valence-electron chi connectivity index (χ3n) is 10.3. The molecule has 0 aliphatic rings. The number of hydrogen-bond donors (Lipinski definition) is 3. The van der Waals surface area contributed by atoms with E-state index < -0.39 is 26.5 Å². The van der Waals surface area contributed by atoms with E-state index >= 15 is 0 Å². The normalized spacial score (nSPS) is 13.6. The van der Waals surface area contributed by atoms with Crippen LogP contribution in [0, 0.1) is 0 Å². The Morgan fingerprint density at radius 1 is 0.525 bits per heavy atom. The number of unbranched alkanes of at least 4 members (excludes halogenated alkanes) is 24. The van der Waals surface area contributed by atoms with Crippen LogP contribution in [0.3, 0.4) is 0 Å². The van der Waals surface area contributed by atoms with Gasteiger partial charge in [0.2, 0.25) is 5.91 Å². The van der Waals surface area contributed by atoms with E-state index in [9.17, 15) is 24.2 Å². The van der Waals surface area contributed by atoms with Crippen LogP contribution in [0.15, 0.2) is 48.6 Å². The van der Waals surface area contributed by atoms with Gasteiger partial charge in [0.05, 0.1) is 13.2 Å². The van der Waals surface area contributed by atoms with E-state index in [2.05, 4.69) is 67.8 Å². The van der Waals surface area contributed by atoms with Crippen molar-refractivity contribution in [2.75, 3.05) is 26.4 Å². The molecule has 0 aromatic rings. The lowest BCUT2D eigenvalue weighted by molar-refractivity contribution is -0.147. The molecule has 2 atom stereocenters. The number of phosphoric acid groups is 1. The monoisotopic (exact) mass is 852 g/mol. The van der Waals surface area contributed by atoms with Gasteiger partial charge in [-0.15, -0.1) is 0 Å². The highest BCUT2D eigenvalue weighted by Gasteiger charge is 2.23. The number of aliphatic hydroxyl groups is 1. The van der Waals surface area contributed by atoms with Gasteiger partial charge in [0.1, 0.15) is 12.7 Å². The number of carbonyl (C=O) groups is 2. The highest BCUT2D eigenvalue weighted by Crippen LogP contribution is 2.42. The number of ether oxygens (including phenoxy) is 1. The van der Waals surface area contributed by atoms with Gasteiger partial charge in [0.25, 0.3) is 0 Å². The van der Waals surface area contributed by atoms with Gasteiger partial charge in [0.15, 0.2) is 0 Å². The van der Waals surface area contributed by atoms with E-state index in [4.69, 9.17) is 13.8 Å². The molecular weight excluding hydrogens is 762 g/mol. The number of esters is 1. The molecule has 10 heteroatoms. The van der Waals surface area contributed by atoms with Gasteiger partial charge in [-0.25, -0.2) is 4.57 Å². The predicted molar refractivity (Wildman–Crippen MR) is 247 cm³/mol. The summed E-state index contributed by atoms with van der Waals surface area (Å²) in [4.78, 5) is 34.0. The number of carbonyl (C=O) groups excluding carboxylic acids is 2. The van der Waals surface area contributed by atoms with E-state index in [0.29, 0.717) is 12.8 Å². The zero-order valence-electron chi connectivity index (χ0n) is 37.9. The predicted octanol–water partition coefficient (Wildman–Crippen LogP) is 13.9. The summed E-state index contributed by atoms with van der Waals surface area (Å²) in [6.45, 7) is 3.53. The molecule has 0 aliphatic heterocycles. The first-order chi connectivity index (χ1) is 28.8. The molecule has 0 saturated carbocycles. The van der Waals surface area contributed by atoms with Crippen LogP contribution in [0.2, 0.25) is 0 Å². The summed E-state index contributed by atoms with van der Waals surface area (Å²) in [5.41, 5.74) is 0. The average Bonchev–Trinajstić information content (AvgIpc) is 3.22. The van der Waals surface area contributed by atoms with Crippen molar-refractivity contribution < 1.29 is 37.9 Å². The van der Waals surface area contributed by atoms with Gasteiger partial charge in [-0.1, -0.05) is 197 Å². The quantitative estimate of drug-likeness (QED) is 0.0239. The number of hydrogen-bond acceptors (Lipinski definition) is 7. The molecule has 0 saturated heterocycles. The fourth-order valence-corrected chi connectivity index (χ4v) is 7.36. The molecule has 2 unspecified atom stereocenters. The SMILES string of the molecule is CCCCC/C=C\C/C=C\C/C=C\C/C=C\CCCCCCCC(=O)OCC(O)COP(=O)(O)OCCNC(=O)CCCCCCCCCCCCCCCCCCC. The van der Waals surface area contributed by atoms with Gasteiger partial charge in [-0.3, -0.25) is 18.6 Å². The van der Waals surface area contributed by atoms with E-state index in [1.807, 2.05) is 0 Å². The zero-order chi connectivity index (χ0) is 43.2. The van der Waals surface area contributed by atoms with E-state index in [0.717, 1.165) is 70.6 Å². The van der Waals surface area contributed by atoms with Gasteiger partial charge in [-0.2, -0.15) is 0 Å². The third-order valence-corrected chi connectivity index (χ3v) is 11.2.